The number of hydrogen-bond acceptors (Lipinski definition) is 1. The minimum atomic E-state index is 0.228. The first-order valence-electron chi connectivity index (χ1n) is 7.79. The average molecular weight is 265 g/mol. The molecule has 1 fully saturated rings. The van der Waals surface area contributed by atoms with Gasteiger partial charge in [-0.15, -0.1) is 0 Å². The van der Waals surface area contributed by atoms with E-state index in [0.29, 0.717) is 11.3 Å². The minimum absolute atomic E-state index is 0.228. The molecule has 0 spiro atoms. The van der Waals surface area contributed by atoms with Crippen molar-refractivity contribution in [2.45, 2.75) is 60.3 Å². The predicted octanol–water partition coefficient (Wildman–Crippen LogP) is 4.26. The topological polar surface area (TPSA) is 20.3 Å². The molecule has 1 amide bonds. The molecule has 19 heavy (non-hydrogen) atoms. The van der Waals surface area contributed by atoms with Gasteiger partial charge < -0.3 is 4.90 Å². The molecule has 0 saturated heterocycles. The summed E-state index contributed by atoms with van der Waals surface area (Å²) < 4.78 is 0. The van der Waals surface area contributed by atoms with Crippen molar-refractivity contribution in [3.63, 3.8) is 0 Å². The lowest BCUT2D eigenvalue weighted by Crippen LogP contribution is -2.37. The largest absolute Gasteiger partial charge is 0.342 e. The lowest BCUT2D eigenvalue weighted by atomic mass is 10.0. The van der Waals surface area contributed by atoms with Gasteiger partial charge in [0.2, 0.25) is 5.91 Å². The third kappa shape index (κ3) is 5.38. The molecule has 1 saturated carbocycles. The van der Waals surface area contributed by atoms with Crippen LogP contribution in [0.5, 0.6) is 0 Å². The molecule has 2 atom stereocenters. The fourth-order valence-electron chi connectivity index (χ4n) is 2.91. The summed E-state index contributed by atoms with van der Waals surface area (Å²) in [7, 11) is 0. The van der Waals surface area contributed by atoms with Gasteiger partial charge in [0.15, 0.2) is 0 Å². The summed E-state index contributed by atoms with van der Waals surface area (Å²) in [6.07, 6.45) is 9.44. The van der Waals surface area contributed by atoms with E-state index in [2.05, 4.69) is 39.8 Å². The van der Waals surface area contributed by atoms with Crippen LogP contribution in [0.3, 0.4) is 0 Å². The van der Waals surface area contributed by atoms with Crippen molar-refractivity contribution in [3.8, 4) is 0 Å². The van der Waals surface area contributed by atoms with Crippen LogP contribution in [0.2, 0.25) is 0 Å². The molecule has 110 valence electrons. The standard InChI is InChI=1S/C17H31NO/c1-6-7-8-9-10-16-11-17(16,5)13-18(15(4)19)12-14(2)3/h7-8,14,16H,6,9-13H2,1-5H3/b8-7-. The maximum absolute atomic E-state index is 11.7. The van der Waals surface area contributed by atoms with Crippen LogP contribution < -0.4 is 0 Å². The fraction of sp³-hybridized carbons (Fsp3) is 0.824. The Labute approximate surface area is 119 Å². The van der Waals surface area contributed by atoms with E-state index in [1.165, 1.54) is 19.3 Å². The highest BCUT2D eigenvalue weighted by Crippen LogP contribution is 2.55. The fourth-order valence-corrected chi connectivity index (χ4v) is 2.91. The lowest BCUT2D eigenvalue weighted by molar-refractivity contribution is -0.130. The first-order valence-corrected chi connectivity index (χ1v) is 7.79. The maximum Gasteiger partial charge on any atom is 0.219 e. The Morgan fingerprint density at radius 3 is 2.63 bits per heavy atom. The Morgan fingerprint density at radius 1 is 1.42 bits per heavy atom. The molecule has 0 heterocycles. The van der Waals surface area contributed by atoms with E-state index < -0.39 is 0 Å². The van der Waals surface area contributed by atoms with Crippen molar-refractivity contribution in [2.24, 2.45) is 17.3 Å². The predicted molar refractivity (Wildman–Crippen MR) is 82.0 cm³/mol. The molecule has 0 aromatic rings. The molecule has 0 aromatic heterocycles. The van der Waals surface area contributed by atoms with E-state index in [1.807, 2.05) is 4.90 Å². The molecule has 2 heteroatoms. The molecule has 1 rings (SSSR count). The molecule has 0 radical (unpaired) electrons. The van der Waals surface area contributed by atoms with Gasteiger partial charge in [-0.25, -0.2) is 0 Å². The van der Waals surface area contributed by atoms with Gasteiger partial charge in [-0.05, 0) is 42.9 Å². The van der Waals surface area contributed by atoms with Crippen LogP contribution in [-0.4, -0.2) is 23.9 Å². The van der Waals surface area contributed by atoms with Crippen molar-refractivity contribution in [1.82, 2.24) is 4.90 Å². The van der Waals surface area contributed by atoms with Gasteiger partial charge in [0.05, 0.1) is 0 Å². The van der Waals surface area contributed by atoms with Crippen LogP contribution in [-0.2, 0) is 4.79 Å². The zero-order valence-electron chi connectivity index (χ0n) is 13.4. The van der Waals surface area contributed by atoms with E-state index >= 15 is 0 Å². The van der Waals surface area contributed by atoms with Crippen molar-refractivity contribution >= 4 is 5.91 Å². The zero-order valence-corrected chi connectivity index (χ0v) is 13.4. The summed E-state index contributed by atoms with van der Waals surface area (Å²) in [5.41, 5.74) is 0.376. The smallest absolute Gasteiger partial charge is 0.219 e. The van der Waals surface area contributed by atoms with E-state index in [4.69, 9.17) is 0 Å². The van der Waals surface area contributed by atoms with Gasteiger partial charge in [-0.2, -0.15) is 0 Å². The first kappa shape index (κ1) is 16.3. The normalized spacial score (nSPS) is 26.1. The van der Waals surface area contributed by atoms with Gasteiger partial charge in [0.25, 0.3) is 0 Å². The summed E-state index contributed by atoms with van der Waals surface area (Å²) in [5, 5.41) is 0. The number of nitrogens with zero attached hydrogens (tertiary/aromatic N) is 1. The van der Waals surface area contributed by atoms with E-state index in [0.717, 1.165) is 25.4 Å². The Kier molecular flexibility index (Phi) is 6.09. The number of amides is 1. The Balaban J connectivity index is 2.39. The quantitative estimate of drug-likeness (QED) is 0.600. The Morgan fingerprint density at radius 2 is 2.11 bits per heavy atom. The second-order valence-corrected chi connectivity index (χ2v) is 6.81. The summed E-state index contributed by atoms with van der Waals surface area (Å²) in [5.74, 6) is 1.59. The highest BCUT2D eigenvalue weighted by atomic mass is 16.2. The van der Waals surface area contributed by atoms with Crippen molar-refractivity contribution in [2.75, 3.05) is 13.1 Å². The number of allylic oxidation sites excluding steroid dienone is 2. The minimum Gasteiger partial charge on any atom is -0.342 e. The highest BCUT2D eigenvalue weighted by molar-refractivity contribution is 5.73. The molecular formula is C17H31NO. The van der Waals surface area contributed by atoms with Crippen molar-refractivity contribution in [1.29, 1.82) is 0 Å². The van der Waals surface area contributed by atoms with Crippen LogP contribution in [0.1, 0.15) is 60.3 Å². The van der Waals surface area contributed by atoms with Gasteiger partial charge in [-0.3, -0.25) is 4.79 Å². The van der Waals surface area contributed by atoms with E-state index in [-0.39, 0.29) is 5.91 Å². The number of carbonyl (C=O) groups excluding carboxylic acids is 1. The average Bonchev–Trinajstić information content (AvgIpc) is 2.94. The van der Waals surface area contributed by atoms with E-state index in [9.17, 15) is 4.79 Å². The Bertz CT molecular complexity index is 321. The monoisotopic (exact) mass is 265 g/mol. The summed E-state index contributed by atoms with van der Waals surface area (Å²) >= 11 is 0. The molecule has 2 nitrogen and oxygen atoms in total. The molecule has 0 aliphatic heterocycles. The highest BCUT2D eigenvalue weighted by Gasteiger charge is 2.50. The van der Waals surface area contributed by atoms with Crippen LogP contribution in [0, 0.1) is 17.3 Å². The van der Waals surface area contributed by atoms with Crippen molar-refractivity contribution < 1.29 is 4.79 Å². The SMILES string of the molecule is CC/C=C\CCC1CC1(C)CN(CC(C)C)C(C)=O. The number of carbonyl (C=O) groups is 1. The molecule has 1 aliphatic rings. The second kappa shape index (κ2) is 7.12. The number of rotatable bonds is 8. The van der Waals surface area contributed by atoms with Crippen molar-refractivity contribution in [3.05, 3.63) is 12.2 Å². The van der Waals surface area contributed by atoms with Crippen LogP contribution in [0.25, 0.3) is 0 Å². The summed E-state index contributed by atoms with van der Waals surface area (Å²) in [6.45, 7) is 12.4. The molecule has 0 aromatic carbocycles. The zero-order chi connectivity index (χ0) is 14.5. The second-order valence-electron chi connectivity index (χ2n) is 6.81. The third-order valence-electron chi connectivity index (χ3n) is 4.21. The Hall–Kier alpha value is -0.790. The van der Waals surface area contributed by atoms with Crippen LogP contribution in [0.4, 0.5) is 0 Å². The van der Waals surface area contributed by atoms with E-state index in [1.54, 1.807) is 6.92 Å². The molecule has 0 N–H and O–H groups in total. The van der Waals surface area contributed by atoms with Crippen LogP contribution in [0.15, 0.2) is 12.2 Å². The maximum atomic E-state index is 11.7. The van der Waals surface area contributed by atoms with Gasteiger partial charge in [0, 0.05) is 20.0 Å². The third-order valence-corrected chi connectivity index (χ3v) is 4.21. The van der Waals surface area contributed by atoms with Gasteiger partial charge >= 0.3 is 0 Å². The van der Waals surface area contributed by atoms with Crippen LogP contribution >= 0.6 is 0 Å². The molecule has 0 bridgehead atoms. The molecular weight excluding hydrogens is 234 g/mol. The molecule has 1 aliphatic carbocycles. The first-order chi connectivity index (χ1) is 8.89. The van der Waals surface area contributed by atoms with Gasteiger partial charge in [0.1, 0.15) is 0 Å². The van der Waals surface area contributed by atoms with Gasteiger partial charge in [-0.1, -0.05) is 39.8 Å². The molecule has 2 unspecified atom stereocenters. The summed E-state index contributed by atoms with van der Waals surface area (Å²) in [4.78, 5) is 13.8. The summed E-state index contributed by atoms with van der Waals surface area (Å²) in [6, 6.07) is 0. The number of hydrogen-bond donors (Lipinski definition) is 0. The lowest BCUT2D eigenvalue weighted by Gasteiger charge is -2.27.